The fraction of sp³-hybridized carbons (Fsp3) is 0. The lowest BCUT2D eigenvalue weighted by Gasteiger charge is -1.97. The molecule has 0 amide bonds. The first kappa shape index (κ1) is 12.1. The lowest BCUT2D eigenvalue weighted by molar-refractivity contribution is 1.28. The molecule has 2 rings (SSSR count). The predicted molar refractivity (Wildman–Crippen MR) is 77.6 cm³/mol. The van der Waals surface area contributed by atoms with Crippen LogP contribution in [-0.2, 0) is 0 Å². The zero-order valence-corrected chi connectivity index (χ0v) is 10.2. The summed E-state index contributed by atoms with van der Waals surface area (Å²) >= 11 is 0. The summed E-state index contributed by atoms with van der Waals surface area (Å²) in [5, 5.41) is 1.67. The first-order valence-corrected chi connectivity index (χ1v) is 5.80. The molecule has 1 nitrogen and oxygen atoms in total. The van der Waals surface area contributed by atoms with E-state index in [9.17, 15) is 0 Å². The minimum Gasteiger partial charge on any atom is -0.249 e. The van der Waals surface area contributed by atoms with E-state index in [1.54, 1.807) is 0 Å². The summed E-state index contributed by atoms with van der Waals surface area (Å²) in [5.41, 5.74) is 1.96. The Morgan fingerprint density at radius 1 is 0.667 bits per heavy atom. The summed E-state index contributed by atoms with van der Waals surface area (Å²) in [6.07, 6.45) is 0. The number of benzene rings is 1. The van der Waals surface area contributed by atoms with E-state index in [1.807, 2.05) is 66.7 Å². The third kappa shape index (κ3) is 3.29. The SMILES string of the molecule is C=c1ccccc(=C)nc(-c2ccccc2)cc1. The summed E-state index contributed by atoms with van der Waals surface area (Å²) in [6, 6.07) is 21.6. The highest BCUT2D eigenvalue weighted by molar-refractivity contribution is 5.57. The van der Waals surface area contributed by atoms with Crippen LogP contribution in [0, 0.1) is 0 Å². The second-order valence-electron chi connectivity index (χ2n) is 3.98. The highest BCUT2D eigenvalue weighted by Crippen LogP contribution is 2.12. The number of hydrogen-bond acceptors (Lipinski definition) is 1. The Morgan fingerprint density at radius 2 is 1.33 bits per heavy atom. The van der Waals surface area contributed by atoms with Gasteiger partial charge in [-0.3, -0.25) is 0 Å². The molecule has 0 radical (unpaired) electrons. The van der Waals surface area contributed by atoms with Gasteiger partial charge in [-0.1, -0.05) is 67.8 Å². The van der Waals surface area contributed by atoms with Gasteiger partial charge in [-0.25, -0.2) is 4.98 Å². The van der Waals surface area contributed by atoms with Crippen LogP contribution in [-0.4, -0.2) is 4.98 Å². The van der Waals surface area contributed by atoms with Gasteiger partial charge in [0, 0.05) is 5.56 Å². The van der Waals surface area contributed by atoms with Crippen LogP contribution in [0.25, 0.3) is 24.4 Å². The van der Waals surface area contributed by atoms with E-state index < -0.39 is 0 Å². The van der Waals surface area contributed by atoms with Gasteiger partial charge in [0.2, 0.25) is 0 Å². The summed E-state index contributed by atoms with van der Waals surface area (Å²) in [5.74, 6) is 0. The van der Waals surface area contributed by atoms with Crippen LogP contribution in [0.2, 0.25) is 0 Å². The molecule has 0 atom stereocenters. The zero-order valence-electron chi connectivity index (χ0n) is 10.2. The lowest BCUT2D eigenvalue weighted by Crippen LogP contribution is -2.01. The number of rotatable bonds is 1. The molecule has 1 aromatic heterocycles. The van der Waals surface area contributed by atoms with Gasteiger partial charge in [0.1, 0.15) is 0 Å². The van der Waals surface area contributed by atoms with Crippen molar-refractivity contribution in [2.75, 3.05) is 0 Å². The average Bonchev–Trinajstić information content (AvgIpc) is 2.40. The third-order valence-electron chi connectivity index (χ3n) is 2.50. The second-order valence-corrected chi connectivity index (χ2v) is 3.98. The summed E-state index contributed by atoms with van der Waals surface area (Å²) in [6.45, 7) is 7.87. The maximum atomic E-state index is 4.52. The molecule has 0 N–H and O–H groups in total. The Kier molecular flexibility index (Phi) is 3.87. The standard InChI is InChI=1S/C17H15N/c1-14-8-6-7-9-15(2)18-17(13-12-14)16-10-4-3-5-11-16/h3-13H,1-2H2. The van der Waals surface area contributed by atoms with Gasteiger partial charge >= 0.3 is 0 Å². The molecule has 0 aliphatic carbocycles. The fourth-order valence-electron chi connectivity index (χ4n) is 1.59. The molecule has 0 saturated heterocycles. The van der Waals surface area contributed by atoms with Crippen LogP contribution in [0.4, 0.5) is 0 Å². The molecular formula is C17H15N. The van der Waals surface area contributed by atoms with E-state index in [2.05, 4.69) is 18.1 Å². The van der Waals surface area contributed by atoms with Crippen molar-refractivity contribution in [2.45, 2.75) is 0 Å². The maximum absolute atomic E-state index is 4.52. The van der Waals surface area contributed by atoms with Gasteiger partial charge in [-0.15, -0.1) is 0 Å². The van der Waals surface area contributed by atoms with Gasteiger partial charge in [0.05, 0.1) is 11.0 Å². The molecule has 0 aliphatic heterocycles. The minimum atomic E-state index is 0.732. The molecule has 1 heteroatoms. The largest absolute Gasteiger partial charge is 0.249 e. The molecule has 0 aliphatic rings. The quantitative estimate of drug-likeness (QED) is 0.738. The maximum Gasteiger partial charge on any atom is 0.0709 e. The van der Waals surface area contributed by atoms with Crippen molar-refractivity contribution in [3.63, 3.8) is 0 Å². The molecule has 0 unspecified atom stereocenters. The van der Waals surface area contributed by atoms with E-state index in [-0.39, 0.29) is 0 Å². The molecule has 1 aromatic carbocycles. The van der Waals surface area contributed by atoms with Crippen molar-refractivity contribution < 1.29 is 0 Å². The molecule has 0 saturated carbocycles. The van der Waals surface area contributed by atoms with Gasteiger partial charge in [0.15, 0.2) is 0 Å². The molecule has 18 heavy (non-hydrogen) atoms. The molecule has 1 heterocycles. The van der Waals surface area contributed by atoms with Crippen LogP contribution < -0.4 is 10.6 Å². The van der Waals surface area contributed by atoms with E-state index in [1.165, 1.54) is 0 Å². The molecule has 0 spiro atoms. The molecule has 88 valence electrons. The van der Waals surface area contributed by atoms with E-state index in [4.69, 9.17) is 0 Å². The van der Waals surface area contributed by atoms with E-state index in [0.717, 1.165) is 21.8 Å². The van der Waals surface area contributed by atoms with Gasteiger partial charge in [0.25, 0.3) is 0 Å². The minimum absolute atomic E-state index is 0.732. The Balaban J connectivity index is 2.71. The fourth-order valence-corrected chi connectivity index (χ4v) is 1.59. The smallest absolute Gasteiger partial charge is 0.0709 e. The second kappa shape index (κ2) is 5.78. The number of aromatic nitrogens is 1. The van der Waals surface area contributed by atoms with Crippen LogP contribution in [0.15, 0.2) is 66.7 Å². The van der Waals surface area contributed by atoms with Crippen molar-refractivity contribution >= 4 is 13.2 Å². The predicted octanol–water partition coefficient (Wildman–Crippen LogP) is 2.69. The normalized spacial score (nSPS) is 9.56. The number of nitrogens with zero attached hydrogens (tertiary/aromatic N) is 1. The lowest BCUT2D eigenvalue weighted by atomic mass is 10.1. The topological polar surface area (TPSA) is 12.9 Å². The van der Waals surface area contributed by atoms with Crippen molar-refractivity contribution in [1.82, 2.24) is 4.98 Å². The van der Waals surface area contributed by atoms with Crippen LogP contribution in [0.5, 0.6) is 0 Å². The molecular weight excluding hydrogens is 218 g/mol. The first-order chi connectivity index (χ1) is 8.75. The Morgan fingerprint density at radius 3 is 2.11 bits per heavy atom. The van der Waals surface area contributed by atoms with E-state index >= 15 is 0 Å². The third-order valence-corrected chi connectivity index (χ3v) is 2.50. The average molecular weight is 233 g/mol. The van der Waals surface area contributed by atoms with Gasteiger partial charge < -0.3 is 0 Å². The molecule has 0 bridgehead atoms. The van der Waals surface area contributed by atoms with Crippen molar-refractivity contribution in [3.8, 4) is 11.3 Å². The van der Waals surface area contributed by atoms with Crippen LogP contribution in [0.3, 0.4) is 0 Å². The summed E-state index contributed by atoms with van der Waals surface area (Å²) in [7, 11) is 0. The Labute approximate surface area is 107 Å². The van der Waals surface area contributed by atoms with Crippen molar-refractivity contribution in [3.05, 3.63) is 77.3 Å². The van der Waals surface area contributed by atoms with Gasteiger partial charge in [-0.05, 0) is 17.4 Å². The zero-order chi connectivity index (χ0) is 12.8. The molecule has 2 aromatic rings. The van der Waals surface area contributed by atoms with Crippen LogP contribution >= 0.6 is 0 Å². The highest BCUT2D eigenvalue weighted by Gasteiger charge is 1.93. The van der Waals surface area contributed by atoms with Crippen LogP contribution in [0.1, 0.15) is 0 Å². The highest BCUT2D eigenvalue weighted by atomic mass is 14.7. The summed E-state index contributed by atoms with van der Waals surface area (Å²) < 4.78 is 0. The van der Waals surface area contributed by atoms with Crippen molar-refractivity contribution in [1.29, 1.82) is 0 Å². The van der Waals surface area contributed by atoms with E-state index in [0.29, 0.717) is 0 Å². The van der Waals surface area contributed by atoms with Gasteiger partial charge in [-0.2, -0.15) is 0 Å². The Hall–Kier alpha value is -2.41. The van der Waals surface area contributed by atoms with Crippen molar-refractivity contribution in [2.24, 2.45) is 0 Å². The molecule has 0 fully saturated rings. The Bertz CT molecular complexity index is 673. The monoisotopic (exact) mass is 233 g/mol. The number of hydrogen-bond donors (Lipinski definition) is 0. The summed E-state index contributed by atoms with van der Waals surface area (Å²) in [4.78, 5) is 4.52. The first-order valence-electron chi connectivity index (χ1n) is 5.80.